The summed E-state index contributed by atoms with van der Waals surface area (Å²) in [6.45, 7) is 12.2. The monoisotopic (exact) mass is 515 g/mol. The van der Waals surface area contributed by atoms with Gasteiger partial charge in [0.1, 0.15) is 0 Å². The van der Waals surface area contributed by atoms with E-state index in [0.717, 1.165) is 43.6 Å². The Balaban J connectivity index is 1.15. The van der Waals surface area contributed by atoms with Gasteiger partial charge >= 0.3 is 0 Å². The van der Waals surface area contributed by atoms with Gasteiger partial charge in [0.25, 0.3) is 0 Å². The average molecular weight is 516 g/mol. The van der Waals surface area contributed by atoms with Gasteiger partial charge in [-0.05, 0) is 99.4 Å². The third-order valence-electron chi connectivity index (χ3n) is 12.5. The van der Waals surface area contributed by atoms with Crippen LogP contribution in [0.2, 0.25) is 0 Å². The summed E-state index contributed by atoms with van der Waals surface area (Å²) >= 11 is 0. The summed E-state index contributed by atoms with van der Waals surface area (Å²) in [5.41, 5.74) is 6.78. The largest absolute Gasteiger partial charge is 0.393 e. The molecule has 6 aliphatic rings. The SMILES string of the molecule is CC1=C2CC3C(CC=C4CC(O)CCC43C)C2CCC2(C1)OC1CC(C)CN(Cc3ccccc3)C1C2C. The van der Waals surface area contributed by atoms with Crippen LogP contribution in [0.1, 0.15) is 91.0 Å². The highest BCUT2D eigenvalue weighted by Crippen LogP contribution is 2.64. The Morgan fingerprint density at radius 3 is 2.71 bits per heavy atom. The van der Waals surface area contributed by atoms with Crippen molar-refractivity contribution in [1.82, 2.24) is 4.90 Å². The minimum Gasteiger partial charge on any atom is -0.393 e. The van der Waals surface area contributed by atoms with Crippen LogP contribution in [0.3, 0.4) is 0 Å². The van der Waals surface area contributed by atoms with Crippen molar-refractivity contribution in [3.05, 3.63) is 58.7 Å². The molecule has 2 aliphatic heterocycles. The molecule has 4 aliphatic carbocycles. The number of nitrogens with zero attached hydrogens (tertiary/aromatic N) is 1. The number of allylic oxidation sites excluding steroid dienone is 2. The molecule has 3 nitrogen and oxygen atoms in total. The average Bonchev–Trinajstić information content (AvgIpc) is 3.35. The van der Waals surface area contributed by atoms with Crippen LogP contribution in [0.4, 0.5) is 0 Å². The zero-order valence-electron chi connectivity index (χ0n) is 24.2. The maximum absolute atomic E-state index is 10.4. The van der Waals surface area contributed by atoms with E-state index in [4.69, 9.17) is 4.74 Å². The van der Waals surface area contributed by atoms with Gasteiger partial charge < -0.3 is 9.84 Å². The molecule has 38 heavy (non-hydrogen) atoms. The quantitative estimate of drug-likeness (QED) is 0.419. The fourth-order valence-corrected chi connectivity index (χ4v) is 10.6. The van der Waals surface area contributed by atoms with Crippen molar-refractivity contribution < 1.29 is 9.84 Å². The van der Waals surface area contributed by atoms with E-state index >= 15 is 0 Å². The summed E-state index contributed by atoms with van der Waals surface area (Å²) in [7, 11) is 0. The molecule has 10 atom stereocenters. The van der Waals surface area contributed by atoms with E-state index in [-0.39, 0.29) is 11.7 Å². The third kappa shape index (κ3) is 3.93. The Morgan fingerprint density at radius 2 is 1.89 bits per heavy atom. The van der Waals surface area contributed by atoms with Crippen molar-refractivity contribution in [3.8, 4) is 0 Å². The molecular formula is C35H49NO2. The number of aliphatic hydroxyl groups is 1. The molecule has 1 N–H and O–H groups in total. The van der Waals surface area contributed by atoms with Gasteiger partial charge in [-0.1, -0.05) is 73.9 Å². The Kier molecular flexibility index (Phi) is 6.26. The number of rotatable bonds is 2. The number of likely N-dealkylation sites (tertiary alicyclic amines) is 1. The lowest BCUT2D eigenvalue weighted by molar-refractivity contribution is -0.0798. The van der Waals surface area contributed by atoms with Crippen molar-refractivity contribution in [2.75, 3.05) is 6.54 Å². The first-order valence-electron chi connectivity index (χ1n) is 15.8. The molecule has 2 saturated heterocycles. The van der Waals surface area contributed by atoms with E-state index in [9.17, 15) is 5.11 Å². The normalized spacial score (nSPS) is 46.7. The van der Waals surface area contributed by atoms with Crippen molar-refractivity contribution in [2.24, 2.45) is 35.0 Å². The van der Waals surface area contributed by atoms with Crippen LogP contribution in [-0.4, -0.2) is 40.4 Å². The van der Waals surface area contributed by atoms with Crippen molar-refractivity contribution in [3.63, 3.8) is 0 Å². The predicted molar refractivity (Wildman–Crippen MR) is 153 cm³/mol. The van der Waals surface area contributed by atoms with Crippen LogP contribution >= 0.6 is 0 Å². The number of hydrogen-bond acceptors (Lipinski definition) is 3. The molecule has 4 fully saturated rings. The topological polar surface area (TPSA) is 32.7 Å². The van der Waals surface area contributed by atoms with E-state index in [2.05, 4.69) is 69.0 Å². The Morgan fingerprint density at radius 1 is 1.08 bits per heavy atom. The van der Waals surface area contributed by atoms with Gasteiger partial charge in [-0.3, -0.25) is 4.90 Å². The highest BCUT2D eigenvalue weighted by atomic mass is 16.5. The molecule has 3 heteroatoms. The van der Waals surface area contributed by atoms with E-state index in [1.54, 1.807) is 16.7 Å². The smallest absolute Gasteiger partial charge is 0.0765 e. The summed E-state index contributed by atoms with van der Waals surface area (Å²) in [5.74, 6) is 3.53. The number of piperidine rings is 1. The fourth-order valence-electron chi connectivity index (χ4n) is 10.6. The second-order valence-electron chi connectivity index (χ2n) is 14.6. The minimum atomic E-state index is -0.118. The van der Waals surface area contributed by atoms with Gasteiger partial charge in [0.15, 0.2) is 0 Å². The Labute approximate surface area is 230 Å². The molecule has 1 aromatic rings. The summed E-state index contributed by atoms with van der Waals surface area (Å²) in [4.78, 5) is 2.78. The first kappa shape index (κ1) is 25.5. The molecule has 1 aromatic carbocycles. The molecule has 2 heterocycles. The Bertz CT molecular complexity index is 1120. The van der Waals surface area contributed by atoms with Crippen LogP contribution in [0.5, 0.6) is 0 Å². The van der Waals surface area contributed by atoms with Crippen molar-refractivity contribution >= 4 is 0 Å². The molecule has 206 valence electrons. The van der Waals surface area contributed by atoms with Crippen LogP contribution in [-0.2, 0) is 11.3 Å². The molecule has 0 aromatic heterocycles. The van der Waals surface area contributed by atoms with E-state index in [0.29, 0.717) is 29.4 Å². The molecule has 0 amide bonds. The van der Waals surface area contributed by atoms with Gasteiger partial charge in [-0.2, -0.15) is 0 Å². The number of hydrogen-bond donors (Lipinski definition) is 1. The van der Waals surface area contributed by atoms with Crippen LogP contribution in [0.15, 0.2) is 53.1 Å². The second kappa shape index (κ2) is 9.32. The standard InChI is InChI=1S/C35H49NO2/c1-22-16-32-33(36(20-22)21-25-8-6-5-7-9-25)24(3)35(38-32)15-13-28-29-11-10-26-17-27(37)12-14-34(26,4)31(29)18-30(28)23(2)19-35/h5-10,22,24,27-29,31-33,37H,11-21H2,1-4H3. The highest BCUT2D eigenvalue weighted by Gasteiger charge is 2.59. The lowest BCUT2D eigenvalue weighted by Crippen LogP contribution is -2.51. The molecule has 0 bridgehead atoms. The summed E-state index contributed by atoms with van der Waals surface area (Å²) in [6.07, 6.45) is 13.3. The Hall–Kier alpha value is -1.42. The van der Waals surface area contributed by atoms with Crippen LogP contribution in [0, 0.1) is 35.0 Å². The first-order valence-corrected chi connectivity index (χ1v) is 15.8. The molecular weight excluding hydrogens is 466 g/mol. The van der Waals surface area contributed by atoms with E-state index < -0.39 is 0 Å². The molecule has 2 saturated carbocycles. The van der Waals surface area contributed by atoms with Crippen LogP contribution < -0.4 is 0 Å². The van der Waals surface area contributed by atoms with Crippen molar-refractivity contribution in [1.29, 1.82) is 0 Å². The number of ether oxygens (including phenoxy) is 1. The molecule has 7 rings (SSSR count). The van der Waals surface area contributed by atoms with Gasteiger partial charge in [0.05, 0.1) is 17.8 Å². The lowest BCUT2D eigenvalue weighted by atomic mass is 9.56. The van der Waals surface area contributed by atoms with Gasteiger partial charge in [-0.25, -0.2) is 0 Å². The molecule has 1 spiro atoms. The molecule has 10 unspecified atom stereocenters. The van der Waals surface area contributed by atoms with Crippen molar-refractivity contribution in [2.45, 2.75) is 116 Å². The summed E-state index contributed by atoms with van der Waals surface area (Å²) in [6, 6.07) is 11.6. The third-order valence-corrected chi connectivity index (χ3v) is 12.5. The van der Waals surface area contributed by atoms with E-state index in [1.165, 1.54) is 50.6 Å². The predicted octanol–water partition coefficient (Wildman–Crippen LogP) is 7.30. The first-order chi connectivity index (χ1) is 18.3. The van der Waals surface area contributed by atoms with Gasteiger partial charge in [0, 0.05) is 25.0 Å². The zero-order chi connectivity index (χ0) is 26.2. The summed E-state index contributed by atoms with van der Waals surface area (Å²) < 4.78 is 7.30. The lowest BCUT2D eigenvalue weighted by Gasteiger charge is -2.49. The molecule has 0 radical (unpaired) electrons. The summed E-state index contributed by atoms with van der Waals surface area (Å²) in [5, 5.41) is 10.4. The fraction of sp³-hybridized carbons (Fsp3) is 0.714. The highest BCUT2D eigenvalue weighted by molar-refractivity contribution is 5.34. The van der Waals surface area contributed by atoms with Gasteiger partial charge in [-0.15, -0.1) is 0 Å². The maximum atomic E-state index is 10.4. The van der Waals surface area contributed by atoms with Gasteiger partial charge in [0.2, 0.25) is 0 Å². The van der Waals surface area contributed by atoms with Crippen LogP contribution in [0.25, 0.3) is 0 Å². The van der Waals surface area contributed by atoms with E-state index in [1.807, 2.05) is 0 Å². The number of aliphatic hydroxyl groups excluding tert-OH is 1. The number of benzene rings is 1. The number of fused-ring (bicyclic) bond motifs is 6. The zero-order valence-corrected chi connectivity index (χ0v) is 24.2. The minimum absolute atomic E-state index is 0.000231. The second-order valence-corrected chi connectivity index (χ2v) is 14.6. The maximum Gasteiger partial charge on any atom is 0.0765 e.